The van der Waals surface area contributed by atoms with Gasteiger partial charge in [-0.1, -0.05) is 12.8 Å². The molecule has 27 heavy (non-hydrogen) atoms. The summed E-state index contributed by atoms with van der Waals surface area (Å²) in [4.78, 5) is 28.9. The highest BCUT2D eigenvalue weighted by molar-refractivity contribution is 5.96. The van der Waals surface area contributed by atoms with Gasteiger partial charge in [-0.2, -0.15) is 0 Å². The van der Waals surface area contributed by atoms with E-state index in [0.29, 0.717) is 12.0 Å². The van der Waals surface area contributed by atoms with Crippen molar-refractivity contribution in [3.8, 4) is 5.75 Å². The topological polar surface area (TPSA) is 75.0 Å². The van der Waals surface area contributed by atoms with Crippen LogP contribution in [0.25, 0.3) is 0 Å². The molecule has 1 amide bonds. The molecule has 150 valence electrons. The first-order valence-electron chi connectivity index (χ1n) is 9.62. The number of aromatic nitrogens is 1. The Labute approximate surface area is 160 Å². The largest absolute Gasteiger partial charge is 0.496 e. The average molecular weight is 377 g/mol. The lowest BCUT2D eigenvalue weighted by molar-refractivity contribution is -0.139. The zero-order valence-electron chi connectivity index (χ0n) is 16.8. The maximum atomic E-state index is 12.7. The van der Waals surface area contributed by atoms with Gasteiger partial charge in [-0.15, -0.1) is 0 Å². The third-order valence-electron chi connectivity index (χ3n) is 6.40. The van der Waals surface area contributed by atoms with E-state index < -0.39 is 5.60 Å². The van der Waals surface area contributed by atoms with E-state index in [9.17, 15) is 14.7 Å². The second-order valence-electron chi connectivity index (χ2n) is 8.43. The highest BCUT2D eigenvalue weighted by Gasteiger charge is 2.54. The van der Waals surface area contributed by atoms with Crippen LogP contribution in [0.5, 0.6) is 5.75 Å². The molecule has 2 aliphatic rings. The lowest BCUT2D eigenvalue weighted by Gasteiger charge is -2.51. The van der Waals surface area contributed by atoms with Crippen molar-refractivity contribution in [3.63, 3.8) is 0 Å². The smallest absolute Gasteiger partial charge is 0.258 e. The standard InChI is InChI=1S/C20H31N3O4/c1-21(2)18(25)15-12-23(17(24)11-16(15)27-4)14-20(26)9-10-22(3)13-19(20)7-5-6-8-19/h11-12,26H,5-10,13-14H2,1-4H3. The van der Waals surface area contributed by atoms with Gasteiger partial charge in [0.05, 0.1) is 24.8 Å². The van der Waals surface area contributed by atoms with E-state index in [1.54, 1.807) is 20.3 Å². The molecule has 7 nitrogen and oxygen atoms in total. The molecule has 1 aliphatic carbocycles. The Bertz CT molecular complexity index is 767. The van der Waals surface area contributed by atoms with E-state index in [4.69, 9.17) is 4.74 Å². The first kappa shape index (κ1) is 19.9. The highest BCUT2D eigenvalue weighted by Crippen LogP contribution is 2.51. The number of carbonyl (C=O) groups is 1. The predicted molar refractivity (Wildman–Crippen MR) is 103 cm³/mol. The Morgan fingerprint density at radius 3 is 2.56 bits per heavy atom. The van der Waals surface area contributed by atoms with Gasteiger partial charge in [-0.3, -0.25) is 9.59 Å². The molecule has 1 aliphatic heterocycles. The SMILES string of the molecule is COc1cc(=O)n(CC2(O)CCN(C)CC23CCCC3)cc1C(=O)N(C)C. The van der Waals surface area contributed by atoms with Crippen LogP contribution in [0.15, 0.2) is 17.1 Å². The van der Waals surface area contributed by atoms with Crippen LogP contribution in [0.4, 0.5) is 0 Å². The molecular weight excluding hydrogens is 346 g/mol. The summed E-state index contributed by atoms with van der Waals surface area (Å²) in [5.41, 5.74) is -1.07. The number of nitrogens with zero attached hydrogens (tertiary/aromatic N) is 3. The van der Waals surface area contributed by atoms with Crippen LogP contribution in [0, 0.1) is 5.41 Å². The molecule has 0 bridgehead atoms. The van der Waals surface area contributed by atoms with Crippen molar-refractivity contribution in [3.05, 3.63) is 28.2 Å². The van der Waals surface area contributed by atoms with Crippen LogP contribution < -0.4 is 10.3 Å². The number of ether oxygens (including phenoxy) is 1. The number of piperidine rings is 1. The van der Waals surface area contributed by atoms with Crippen LogP contribution in [0.3, 0.4) is 0 Å². The van der Waals surface area contributed by atoms with Crippen LogP contribution in [-0.2, 0) is 6.54 Å². The summed E-state index contributed by atoms with van der Waals surface area (Å²) in [6, 6.07) is 1.34. The number of carbonyl (C=O) groups excluding carboxylic acids is 1. The van der Waals surface area contributed by atoms with Crippen LogP contribution in [0.1, 0.15) is 42.5 Å². The number of aliphatic hydroxyl groups is 1. The fourth-order valence-electron chi connectivity index (χ4n) is 4.84. The minimum atomic E-state index is -0.952. The van der Waals surface area contributed by atoms with E-state index in [1.807, 2.05) is 0 Å². The van der Waals surface area contributed by atoms with Gasteiger partial charge in [0.15, 0.2) is 0 Å². The summed E-state index contributed by atoms with van der Waals surface area (Å²) in [6.07, 6.45) is 6.34. The van der Waals surface area contributed by atoms with Gasteiger partial charge in [0.2, 0.25) is 0 Å². The molecule has 0 aromatic carbocycles. The van der Waals surface area contributed by atoms with Gasteiger partial charge in [-0.05, 0) is 26.3 Å². The maximum absolute atomic E-state index is 12.7. The second kappa shape index (κ2) is 7.28. The Kier molecular flexibility index (Phi) is 5.36. The number of hydrogen-bond acceptors (Lipinski definition) is 5. The zero-order valence-corrected chi connectivity index (χ0v) is 16.8. The minimum absolute atomic E-state index is 0.189. The molecule has 1 saturated carbocycles. The van der Waals surface area contributed by atoms with E-state index in [-0.39, 0.29) is 29.2 Å². The molecule has 2 heterocycles. The van der Waals surface area contributed by atoms with Gasteiger partial charge >= 0.3 is 0 Å². The fourth-order valence-corrected chi connectivity index (χ4v) is 4.84. The molecule has 1 unspecified atom stereocenters. The van der Waals surface area contributed by atoms with Gasteiger partial charge in [0.1, 0.15) is 5.75 Å². The summed E-state index contributed by atoms with van der Waals surface area (Å²) in [6.45, 7) is 1.85. The van der Waals surface area contributed by atoms with Crippen molar-refractivity contribution >= 4 is 5.91 Å². The Morgan fingerprint density at radius 2 is 1.96 bits per heavy atom. The quantitative estimate of drug-likeness (QED) is 0.853. The van der Waals surface area contributed by atoms with Crippen molar-refractivity contribution in [2.75, 3.05) is 41.3 Å². The Balaban J connectivity index is 2.00. The third kappa shape index (κ3) is 3.50. The van der Waals surface area contributed by atoms with E-state index >= 15 is 0 Å². The molecule has 1 saturated heterocycles. The molecule has 0 radical (unpaired) electrons. The normalized spacial score (nSPS) is 24.9. The lowest BCUT2D eigenvalue weighted by Crippen LogP contribution is -2.60. The van der Waals surface area contributed by atoms with Crippen LogP contribution in [-0.4, -0.2) is 72.3 Å². The fraction of sp³-hybridized carbons (Fsp3) is 0.700. The van der Waals surface area contributed by atoms with Gasteiger partial charge in [0, 0.05) is 44.9 Å². The zero-order chi connectivity index (χ0) is 19.8. The number of hydrogen-bond donors (Lipinski definition) is 1. The summed E-state index contributed by atoms with van der Waals surface area (Å²) < 4.78 is 6.74. The van der Waals surface area contributed by atoms with Crippen LogP contribution in [0.2, 0.25) is 0 Å². The van der Waals surface area contributed by atoms with Crippen LogP contribution >= 0.6 is 0 Å². The lowest BCUT2D eigenvalue weighted by atomic mass is 9.66. The van der Waals surface area contributed by atoms with Crippen molar-refractivity contribution < 1.29 is 14.6 Å². The molecule has 1 aromatic rings. The second-order valence-corrected chi connectivity index (χ2v) is 8.43. The van der Waals surface area contributed by atoms with Crippen molar-refractivity contribution in [1.29, 1.82) is 0 Å². The average Bonchev–Trinajstić information content (AvgIpc) is 3.09. The van der Waals surface area contributed by atoms with Crippen molar-refractivity contribution in [2.24, 2.45) is 5.41 Å². The summed E-state index contributed by atoms with van der Waals surface area (Å²) in [5, 5.41) is 11.7. The monoisotopic (exact) mass is 377 g/mol. The molecular formula is C20H31N3O4. The molecule has 7 heteroatoms. The molecule has 1 atom stereocenters. The maximum Gasteiger partial charge on any atom is 0.258 e. The molecule has 3 rings (SSSR count). The highest BCUT2D eigenvalue weighted by atomic mass is 16.5. The van der Waals surface area contributed by atoms with Crippen molar-refractivity contribution in [1.82, 2.24) is 14.4 Å². The van der Waals surface area contributed by atoms with E-state index in [0.717, 1.165) is 38.8 Å². The van der Waals surface area contributed by atoms with Crippen molar-refractivity contribution in [2.45, 2.75) is 44.2 Å². The molecule has 2 fully saturated rings. The Morgan fingerprint density at radius 1 is 1.30 bits per heavy atom. The van der Waals surface area contributed by atoms with Gasteiger partial charge in [-0.25, -0.2) is 0 Å². The number of likely N-dealkylation sites (tertiary alicyclic amines) is 1. The summed E-state index contributed by atoms with van der Waals surface area (Å²) in [5.74, 6) is 0.0347. The predicted octanol–water partition coefficient (Wildman–Crippen LogP) is 1.19. The summed E-state index contributed by atoms with van der Waals surface area (Å²) in [7, 11) is 6.86. The van der Waals surface area contributed by atoms with E-state index in [1.165, 1.54) is 22.6 Å². The minimum Gasteiger partial charge on any atom is -0.496 e. The first-order valence-corrected chi connectivity index (χ1v) is 9.62. The molecule has 1 spiro atoms. The van der Waals surface area contributed by atoms with Gasteiger partial charge < -0.3 is 24.2 Å². The third-order valence-corrected chi connectivity index (χ3v) is 6.40. The molecule has 1 aromatic heterocycles. The summed E-state index contributed by atoms with van der Waals surface area (Å²) >= 11 is 0. The number of pyridine rings is 1. The van der Waals surface area contributed by atoms with E-state index in [2.05, 4.69) is 11.9 Å². The number of amides is 1. The first-order chi connectivity index (χ1) is 12.7. The molecule has 1 N–H and O–H groups in total. The number of rotatable bonds is 4. The number of methoxy groups -OCH3 is 1. The Hall–Kier alpha value is -1.86. The van der Waals surface area contributed by atoms with Gasteiger partial charge in [0.25, 0.3) is 11.5 Å².